The molecule has 2 nitrogen and oxygen atoms in total. The Morgan fingerprint density at radius 2 is 1.86 bits per heavy atom. The molecule has 0 heterocycles. The van der Waals surface area contributed by atoms with Crippen LogP contribution in [0.4, 0.5) is 13.2 Å². The van der Waals surface area contributed by atoms with Crippen molar-refractivity contribution < 1.29 is 18.3 Å². The van der Waals surface area contributed by atoms with Gasteiger partial charge in [0.1, 0.15) is 0 Å². The molecular formula is C8H9ClF3NO. The van der Waals surface area contributed by atoms with E-state index in [-0.39, 0.29) is 18.0 Å². The van der Waals surface area contributed by atoms with Crippen molar-refractivity contribution in [1.29, 1.82) is 0 Å². The van der Waals surface area contributed by atoms with Gasteiger partial charge in [0.15, 0.2) is 11.6 Å². The standard InChI is InChI=1S/C8H8F3NO.ClH/c9-5-3-4(1-2-6(5)13)7(12)8(10)11;/h1-3,7-8,13H,12H2;1H/t7-;/m0./s1. The Labute approximate surface area is 84.9 Å². The number of benzene rings is 1. The lowest BCUT2D eigenvalue weighted by atomic mass is 10.1. The summed E-state index contributed by atoms with van der Waals surface area (Å²) in [4.78, 5) is 0. The summed E-state index contributed by atoms with van der Waals surface area (Å²) in [7, 11) is 0. The highest BCUT2D eigenvalue weighted by Gasteiger charge is 2.18. The molecule has 0 spiro atoms. The third-order valence-electron chi connectivity index (χ3n) is 1.63. The average molecular weight is 228 g/mol. The topological polar surface area (TPSA) is 46.2 Å². The molecule has 1 rings (SSSR count). The molecule has 0 aliphatic heterocycles. The minimum Gasteiger partial charge on any atom is -0.505 e. The molecule has 0 amide bonds. The Morgan fingerprint density at radius 1 is 1.29 bits per heavy atom. The number of aromatic hydroxyl groups is 1. The number of phenolic OH excluding ortho intramolecular Hbond substituents is 1. The van der Waals surface area contributed by atoms with E-state index in [1.807, 2.05) is 0 Å². The molecule has 0 aromatic heterocycles. The summed E-state index contributed by atoms with van der Waals surface area (Å²) >= 11 is 0. The summed E-state index contributed by atoms with van der Waals surface area (Å²) in [5.74, 6) is -1.53. The SMILES string of the molecule is Cl.N[C@@H](c1ccc(O)c(F)c1)C(F)F. The highest BCUT2D eigenvalue weighted by molar-refractivity contribution is 5.85. The molecule has 0 aliphatic carbocycles. The third kappa shape index (κ3) is 2.78. The predicted octanol–water partition coefficient (Wildman–Crippen LogP) is 2.22. The minimum absolute atomic E-state index is 0. The molecule has 6 heteroatoms. The van der Waals surface area contributed by atoms with E-state index in [4.69, 9.17) is 10.8 Å². The van der Waals surface area contributed by atoms with Gasteiger partial charge < -0.3 is 10.8 Å². The van der Waals surface area contributed by atoms with Gasteiger partial charge in [-0.1, -0.05) is 6.07 Å². The Bertz CT molecular complexity index is 309. The molecule has 80 valence electrons. The Hall–Kier alpha value is -0.940. The van der Waals surface area contributed by atoms with Gasteiger partial charge in [-0.15, -0.1) is 12.4 Å². The van der Waals surface area contributed by atoms with Gasteiger partial charge in [0.2, 0.25) is 0 Å². The van der Waals surface area contributed by atoms with Crippen molar-refractivity contribution in [3.8, 4) is 5.75 Å². The molecule has 3 N–H and O–H groups in total. The third-order valence-corrected chi connectivity index (χ3v) is 1.63. The van der Waals surface area contributed by atoms with Crippen molar-refractivity contribution in [1.82, 2.24) is 0 Å². The zero-order valence-electron chi connectivity index (χ0n) is 6.95. The molecule has 0 saturated heterocycles. The normalized spacial score (nSPS) is 12.4. The second kappa shape index (κ2) is 5.07. The lowest BCUT2D eigenvalue weighted by Crippen LogP contribution is -2.18. The van der Waals surface area contributed by atoms with Crippen LogP contribution in [0.15, 0.2) is 18.2 Å². The number of hydrogen-bond donors (Lipinski definition) is 2. The van der Waals surface area contributed by atoms with Crippen LogP contribution in [0.25, 0.3) is 0 Å². The van der Waals surface area contributed by atoms with E-state index in [2.05, 4.69) is 0 Å². The summed E-state index contributed by atoms with van der Waals surface area (Å²) in [5, 5.41) is 8.76. The summed E-state index contributed by atoms with van der Waals surface area (Å²) in [5.41, 5.74) is 5.02. The fraction of sp³-hybridized carbons (Fsp3) is 0.250. The first-order valence-corrected chi connectivity index (χ1v) is 3.54. The van der Waals surface area contributed by atoms with Gasteiger partial charge in [-0.05, 0) is 17.7 Å². The first kappa shape index (κ1) is 13.1. The van der Waals surface area contributed by atoms with E-state index in [1.165, 1.54) is 0 Å². The molecule has 0 fully saturated rings. The Morgan fingerprint density at radius 3 is 2.29 bits per heavy atom. The second-order valence-corrected chi connectivity index (χ2v) is 2.57. The smallest absolute Gasteiger partial charge is 0.257 e. The van der Waals surface area contributed by atoms with Crippen LogP contribution in [-0.4, -0.2) is 11.5 Å². The molecule has 1 aromatic rings. The zero-order valence-corrected chi connectivity index (χ0v) is 7.77. The van der Waals surface area contributed by atoms with E-state index in [0.717, 1.165) is 18.2 Å². The van der Waals surface area contributed by atoms with Crippen LogP contribution in [0.1, 0.15) is 11.6 Å². The molecule has 1 aromatic carbocycles. The van der Waals surface area contributed by atoms with Crippen LogP contribution >= 0.6 is 12.4 Å². The number of rotatable bonds is 2. The number of halogens is 4. The maximum absolute atomic E-state index is 12.7. The number of nitrogens with two attached hydrogens (primary N) is 1. The zero-order chi connectivity index (χ0) is 10.0. The quantitative estimate of drug-likeness (QED) is 0.814. The first-order chi connectivity index (χ1) is 6.02. The molecule has 0 unspecified atom stereocenters. The number of hydrogen-bond acceptors (Lipinski definition) is 2. The van der Waals surface area contributed by atoms with E-state index in [1.54, 1.807) is 0 Å². The summed E-state index contributed by atoms with van der Waals surface area (Å²) in [6.07, 6.45) is -2.75. The van der Waals surface area contributed by atoms with Crippen LogP contribution in [0.5, 0.6) is 5.75 Å². The van der Waals surface area contributed by atoms with Crippen LogP contribution in [0, 0.1) is 5.82 Å². The molecule has 1 atom stereocenters. The first-order valence-electron chi connectivity index (χ1n) is 3.54. The Kier molecular flexibility index (Phi) is 4.73. The fourth-order valence-corrected chi connectivity index (χ4v) is 0.876. The number of alkyl halides is 2. The minimum atomic E-state index is -2.75. The fourth-order valence-electron chi connectivity index (χ4n) is 0.876. The molecular weight excluding hydrogens is 219 g/mol. The predicted molar refractivity (Wildman–Crippen MR) is 48.2 cm³/mol. The van der Waals surface area contributed by atoms with Crippen molar-refractivity contribution in [3.63, 3.8) is 0 Å². The van der Waals surface area contributed by atoms with Crippen LogP contribution in [0.2, 0.25) is 0 Å². The van der Waals surface area contributed by atoms with Crippen molar-refractivity contribution in [2.75, 3.05) is 0 Å². The van der Waals surface area contributed by atoms with Crippen LogP contribution in [-0.2, 0) is 0 Å². The van der Waals surface area contributed by atoms with Gasteiger partial charge in [-0.2, -0.15) is 0 Å². The lowest BCUT2D eigenvalue weighted by molar-refractivity contribution is 0.116. The highest BCUT2D eigenvalue weighted by atomic mass is 35.5. The van der Waals surface area contributed by atoms with Crippen molar-refractivity contribution in [3.05, 3.63) is 29.6 Å². The molecule has 0 radical (unpaired) electrons. The van der Waals surface area contributed by atoms with Crippen molar-refractivity contribution >= 4 is 12.4 Å². The van der Waals surface area contributed by atoms with Gasteiger partial charge in [0.05, 0.1) is 6.04 Å². The molecule has 0 bridgehead atoms. The van der Waals surface area contributed by atoms with E-state index in [0.29, 0.717) is 0 Å². The summed E-state index contributed by atoms with van der Waals surface area (Å²) < 4.78 is 36.7. The van der Waals surface area contributed by atoms with E-state index < -0.39 is 24.0 Å². The van der Waals surface area contributed by atoms with Gasteiger partial charge in [-0.3, -0.25) is 0 Å². The second-order valence-electron chi connectivity index (χ2n) is 2.57. The molecule has 14 heavy (non-hydrogen) atoms. The largest absolute Gasteiger partial charge is 0.505 e. The van der Waals surface area contributed by atoms with Gasteiger partial charge in [-0.25, -0.2) is 13.2 Å². The van der Waals surface area contributed by atoms with Crippen molar-refractivity contribution in [2.45, 2.75) is 12.5 Å². The highest BCUT2D eigenvalue weighted by Crippen LogP contribution is 2.22. The number of phenols is 1. The summed E-state index contributed by atoms with van der Waals surface area (Å²) in [6.45, 7) is 0. The maximum atomic E-state index is 12.7. The molecule has 0 aliphatic rings. The molecule has 0 saturated carbocycles. The van der Waals surface area contributed by atoms with E-state index >= 15 is 0 Å². The van der Waals surface area contributed by atoms with Gasteiger partial charge >= 0.3 is 0 Å². The Balaban J connectivity index is 0.00000169. The lowest BCUT2D eigenvalue weighted by Gasteiger charge is -2.10. The van der Waals surface area contributed by atoms with E-state index in [9.17, 15) is 13.2 Å². The van der Waals surface area contributed by atoms with Crippen LogP contribution < -0.4 is 5.73 Å². The average Bonchev–Trinajstić information content (AvgIpc) is 2.08. The maximum Gasteiger partial charge on any atom is 0.257 e. The monoisotopic (exact) mass is 227 g/mol. The summed E-state index contributed by atoms with van der Waals surface area (Å²) in [6, 6.07) is 1.43. The van der Waals surface area contributed by atoms with Gasteiger partial charge in [0, 0.05) is 0 Å². The van der Waals surface area contributed by atoms with Crippen LogP contribution in [0.3, 0.4) is 0 Å². The van der Waals surface area contributed by atoms with Crippen molar-refractivity contribution in [2.24, 2.45) is 5.73 Å². The van der Waals surface area contributed by atoms with Gasteiger partial charge in [0.25, 0.3) is 6.43 Å².